The Balaban J connectivity index is 1.54. The lowest BCUT2D eigenvalue weighted by atomic mass is 9.91. The van der Waals surface area contributed by atoms with Gasteiger partial charge in [-0.1, -0.05) is 5.16 Å². The first-order valence-electron chi connectivity index (χ1n) is 6.84. The molecule has 5 heteroatoms. The van der Waals surface area contributed by atoms with E-state index < -0.39 is 0 Å². The first kappa shape index (κ1) is 12.4. The molecule has 0 amide bonds. The lowest BCUT2D eigenvalue weighted by molar-refractivity contribution is 0.199. The van der Waals surface area contributed by atoms with E-state index in [1.807, 2.05) is 30.9 Å². The van der Waals surface area contributed by atoms with E-state index in [9.17, 15) is 0 Å². The van der Waals surface area contributed by atoms with Crippen molar-refractivity contribution < 1.29 is 4.52 Å². The van der Waals surface area contributed by atoms with Crippen molar-refractivity contribution in [2.24, 2.45) is 7.05 Å². The van der Waals surface area contributed by atoms with E-state index >= 15 is 0 Å². The Kier molecular flexibility index (Phi) is 3.38. The Labute approximate surface area is 113 Å². The molecule has 0 bridgehead atoms. The van der Waals surface area contributed by atoms with Crippen molar-refractivity contribution in [1.82, 2.24) is 19.8 Å². The van der Waals surface area contributed by atoms with Gasteiger partial charge in [-0.25, -0.2) is 0 Å². The summed E-state index contributed by atoms with van der Waals surface area (Å²) in [5.41, 5.74) is 2.41. The first-order valence-corrected chi connectivity index (χ1v) is 6.84. The topological polar surface area (TPSA) is 47.1 Å². The van der Waals surface area contributed by atoms with Crippen LogP contribution in [0.2, 0.25) is 0 Å². The number of aryl methyl sites for hydroxylation is 2. The highest BCUT2D eigenvalue weighted by molar-refractivity contribution is 5.12. The summed E-state index contributed by atoms with van der Waals surface area (Å²) >= 11 is 0. The van der Waals surface area contributed by atoms with Crippen LogP contribution in [0.5, 0.6) is 0 Å². The molecule has 1 aliphatic rings. The Morgan fingerprint density at radius 1 is 1.37 bits per heavy atom. The summed E-state index contributed by atoms with van der Waals surface area (Å²) in [5, 5.41) is 8.32. The molecule has 3 heterocycles. The molecular formula is C14H20N4O. The monoisotopic (exact) mass is 260 g/mol. The molecule has 1 fully saturated rings. The summed E-state index contributed by atoms with van der Waals surface area (Å²) in [4.78, 5) is 2.45. The second kappa shape index (κ2) is 5.17. The number of piperidine rings is 1. The number of nitrogens with zero attached hydrogens (tertiary/aromatic N) is 4. The molecule has 0 N–H and O–H groups in total. The van der Waals surface area contributed by atoms with Gasteiger partial charge < -0.3 is 4.52 Å². The molecule has 5 nitrogen and oxygen atoms in total. The maximum atomic E-state index is 5.11. The minimum absolute atomic E-state index is 0.656. The molecule has 0 aromatic carbocycles. The fourth-order valence-electron chi connectivity index (χ4n) is 2.80. The summed E-state index contributed by atoms with van der Waals surface area (Å²) in [5.74, 6) is 1.55. The van der Waals surface area contributed by atoms with Gasteiger partial charge in [-0.15, -0.1) is 0 Å². The highest BCUT2D eigenvalue weighted by atomic mass is 16.5. The summed E-state index contributed by atoms with van der Waals surface area (Å²) in [6.07, 6.45) is 6.54. The molecule has 0 saturated carbocycles. The number of hydrogen-bond donors (Lipinski definition) is 0. The quantitative estimate of drug-likeness (QED) is 0.848. The zero-order chi connectivity index (χ0) is 13.2. The predicted molar refractivity (Wildman–Crippen MR) is 71.7 cm³/mol. The van der Waals surface area contributed by atoms with Gasteiger partial charge in [0.2, 0.25) is 0 Å². The van der Waals surface area contributed by atoms with Crippen LogP contribution in [0.1, 0.15) is 35.8 Å². The van der Waals surface area contributed by atoms with Crippen LogP contribution in [0.4, 0.5) is 0 Å². The van der Waals surface area contributed by atoms with Crippen LogP contribution < -0.4 is 0 Å². The van der Waals surface area contributed by atoms with Crippen LogP contribution in [-0.4, -0.2) is 32.9 Å². The van der Waals surface area contributed by atoms with E-state index in [4.69, 9.17) is 4.52 Å². The third-order valence-electron chi connectivity index (χ3n) is 3.85. The van der Waals surface area contributed by atoms with E-state index in [1.54, 1.807) is 0 Å². The van der Waals surface area contributed by atoms with Crippen molar-refractivity contribution in [3.05, 3.63) is 35.5 Å². The maximum absolute atomic E-state index is 5.11. The Bertz CT molecular complexity index is 537. The molecule has 0 atom stereocenters. The van der Waals surface area contributed by atoms with Crippen molar-refractivity contribution in [1.29, 1.82) is 0 Å². The lowest BCUT2D eigenvalue weighted by Gasteiger charge is -2.30. The average molecular weight is 260 g/mol. The molecule has 0 radical (unpaired) electrons. The molecular weight excluding hydrogens is 240 g/mol. The normalized spacial score (nSPS) is 18.0. The standard InChI is InChI=1S/C14H20N4O/c1-11-7-14(16-19-11)10-18-5-3-12(4-6-18)13-8-15-17(2)9-13/h7-9,12H,3-6,10H2,1-2H3. The van der Waals surface area contributed by atoms with Crippen molar-refractivity contribution >= 4 is 0 Å². The summed E-state index contributed by atoms with van der Waals surface area (Å²) in [6, 6.07) is 2.02. The van der Waals surface area contributed by atoms with E-state index in [1.165, 1.54) is 18.4 Å². The number of rotatable bonds is 3. The smallest absolute Gasteiger partial charge is 0.133 e. The molecule has 1 aliphatic heterocycles. The summed E-state index contributed by atoms with van der Waals surface area (Å²) < 4.78 is 7.00. The summed E-state index contributed by atoms with van der Waals surface area (Å²) in [6.45, 7) is 5.07. The van der Waals surface area contributed by atoms with Crippen LogP contribution in [0.25, 0.3) is 0 Å². The molecule has 102 valence electrons. The van der Waals surface area contributed by atoms with Gasteiger partial charge in [0.25, 0.3) is 0 Å². The van der Waals surface area contributed by atoms with Crippen molar-refractivity contribution in [3.63, 3.8) is 0 Å². The molecule has 3 rings (SSSR count). The van der Waals surface area contributed by atoms with E-state index in [2.05, 4.69) is 21.4 Å². The largest absolute Gasteiger partial charge is 0.361 e. The molecule has 0 spiro atoms. The minimum atomic E-state index is 0.656. The Morgan fingerprint density at radius 3 is 2.74 bits per heavy atom. The van der Waals surface area contributed by atoms with Crippen LogP contribution in [0.15, 0.2) is 23.0 Å². The second-order valence-electron chi connectivity index (χ2n) is 5.43. The van der Waals surface area contributed by atoms with Gasteiger partial charge in [0, 0.05) is 25.9 Å². The SMILES string of the molecule is Cc1cc(CN2CCC(c3cnn(C)c3)CC2)no1. The third kappa shape index (κ3) is 2.87. The maximum Gasteiger partial charge on any atom is 0.133 e. The molecule has 2 aromatic heterocycles. The van der Waals surface area contributed by atoms with E-state index in [0.717, 1.165) is 31.1 Å². The zero-order valence-electron chi connectivity index (χ0n) is 11.5. The van der Waals surface area contributed by atoms with Gasteiger partial charge in [0.1, 0.15) is 5.76 Å². The van der Waals surface area contributed by atoms with Gasteiger partial charge in [-0.05, 0) is 44.3 Å². The zero-order valence-corrected chi connectivity index (χ0v) is 11.5. The van der Waals surface area contributed by atoms with Gasteiger partial charge in [0.05, 0.1) is 11.9 Å². The van der Waals surface area contributed by atoms with Gasteiger partial charge in [-0.3, -0.25) is 9.58 Å². The van der Waals surface area contributed by atoms with Gasteiger partial charge in [-0.2, -0.15) is 5.10 Å². The van der Waals surface area contributed by atoms with Crippen LogP contribution in [0, 0.1) is 6.92 Å². The molecule has 2 aromatic rings. The van der Waals surface area contributed by atoms with E-state index in [0.29, 0.717) is 5.92 Å². The lowest BCUT2D eigenvalue weighted by Crippen LogP contribution is -2.32. The highest BCUT2D eigenvalue weighted by Crippen LogP contribution is 2.28. The number of likely N-dealkylation sites (tertiary alicyclic amines) is 1. The molecule has 0 unspecified atom stereocenters. The second-order valence-corrected chi connectivity index (χ2v) is 5.43. The van der Waals surface area contributed by atoms with Crippen LogP contribution >= 0.6 is 0 Å². The Morgan fingerprint density at radius 2 is 2.16 bits per heavy atom. The predicted octanol–water partition coefficient (Wildman–Crippen LogP) is 2.10. The molecule has 1 saturated heterocycles. The fraction of sp³-hybridized carbons (Fsp3) is 0.571. The average Bonchev–Trinajstić information content (AvgIpc) is 3.00. The molecule has 19 heavy (non-hydrogen) atoms. The fourth-order valence-corrected chi connectivity index (χ4v) is 2.80. The van der Waals surface area contributed by atoms with Crippen molar-refractivity contribution in [2.45, 2.75) is 32.2 Å². The highest BCUT2D eigenvalue weighted by Gasteiger charge is 2.22. The van der Waals surface area contributed by atoms with Crippen LogP contribution in [-0.2, 0) is 13.6 Å². The van der Waals surface area contributed by atoms with Gasteiger partial charge >= 0.3 is 0 Å². The number of aromatic nitrogens is 3. The van der Waals surface area contributed by atoms with Crippen LogP contribution in [0.3, 0.4) is 0 Å². The summed E-state index contributed by atoms with van der Waals surface area (Å²) in [7, 11) is 1.98. The number of hydrogen-bond acceptors (Lipinski definition) is 4. The Hall–Kier alpha value is -1.62. The van der Waals surface area contributed by atoms with Crippen molar-refractivity contribution in [2.75, 3.05) is 13.1 Å². The van der Waals surface area contributed by atoms with Gasteiger partial charge in [0.15, 0.2) is 0 Å². The van der Waals surface area contributed by atoms with E-state index in [-0.39, 0.29) is 0 Å². The minimum Gasteiger partial charge on any atom is -0.361 e. The first-order chi connectivity index (χ1) is 9.20. The molecule has 0 aliphatic carbocycles. The van der Waals surface area contributed by atoms with Crippen molar-refractivity contribution in [3.8, 4) is 0 Å². The third-order valence-corrected chi connectivity index (χ3v) is 3.85.